The minimum atomic E-state index is -5.14. The molecule has 0 fully saturated rings. The average Bonchev–Trinajstić information content (AvgIpc) is 1.60. The van der Waals surface area contributed by atoms with Gasteiger partial charge in [-0.05, 0) is 0 Å². The van der Waals surface area contributed by atoms with E-state index in [0.29, 0.717) is 0 Å². The maximum atomic E-state index is 11.8. The summed E-state index contributed by atoms with van der Waals surface area (Å²) >= 11 is 4.58. The molecule has 0 aromatic heterocycles. The molecule has 0 aromatic rings. The predicted molar refractivity (Wildman–Crippen MR) is 28.8 cm³/mol. The molecular weight excluding hydrogens is 192 g/mol. The molecule has 4 nitrogen and oxygen atoms in total. The number of rotatable bonds is 3. The van der Waals surface area contributed by atoms with Crippen molar-refractivity contribution in [3.63, 3.8) is 0 Å². The Morgan fingerprint density at radius 1 is 1.60 bits per heavy atom. The molecule has 62 valence electrons. The molecule has 0 aliphatic heterocycles. The van der Waals surface area contributed by atoms with E-state index in [0.717, 1.165) is 0 Å². The Bertz CT molecular complexity index is 155. The third-order valence-corrected chi connectivity index (χ3v) is 1.22. The molecule has 0 rings (SSSR count). The van der Waals surface area contributed by atoms with Crippen LogP contribution in [0.15, 0.2) is 0 Å². The van der Waals surface area contributed by atoms with Gasteiger partial charge in [-0.2, -0.15) is 8.78 Å². The van der Waals surface area contributed by atoms with Crippen LogP contribution in [0, 0.1) is 0 Å². The number of alkyl halides is 3. The van der Waals surface area contributed by atoms with Crippen molar-refractivity contribution in [3.05, 3.63) is 0 Å². The molecule has 0 aromatic carbocycles. The third-order valence-electron chi connectivity index (χ3n) is 0.408. The first kappa shape index (κ1) is 10.3. The number of halogens is 3. The highest BCUT2D eigenvalue weighted by Crippen LogP contribution is 2.42. The maximum Gasteiger partial charge on any atom is 0.474 e. The van der Waals surface area contributed by atoms with Gasteiger partial charge in [-0.3, -0.25) is 0 Å². The first-order chi connectivity index (χ1) is 4.27. The van der Waals surface area contributed by atoms with E-state index in [4.69, 9.17) is 9.79 Å². The van der Waals surface area contributed by atoms with Crippen molar-refractivity contribution < 1.29 is 27.7 Å². The van der Waals surface area contributed by atoms with Crippen LogP contribution in [0.5, 0.6) is 0 Å². The number of hydrogen-bond acceptors (Lipinski definition) is 2. The summed E-state index contributed by atoms with van der Waals surface area (Å²) in [5.41, 5.74) is 0. The monoisotopic (exact) mass is 196 g/mol. The van der Waals surface area contributed by atoms with E-state index in [9.17, 15) is 13.3 Å². The fourth-order valence-corrected chi connectivity index (χ4v) is 0.742. The molecule has 0 aliphatic carbocycles. The van der Waals surface area contributed by atoms with Crippen molar-refractivity contribution in [2.24, 2.45) is 0 Å². The van der Waals surface area contributed by atoms with E-state index in [1.54, 1.807) is 0 Å². The standard InChI is InChI=1S/C2H4ClF2O4P/c3-1-2(4,5)9-10(6,7)8/h1H2,(H2,6,7,8). The van der Waals surface area contributed by atoms with Gasteiger partial charge in [0.05, 0.1) is 0 Å². The fraction of sp³-hybridized carbons (Fsp3) is 1.00. The van der Waals surface area contributed by atoms with Gasteiger partial charge in [0.15, 0.2) is 0 Å². The zero-order valence-electron chi connectivity index (χ0n) is 4.50. The van der Waals surface area contributed by atoms with E-state index in [1.807, 2.05) is 0 Å². The van der Waals surface area contributed by atoms with Crippen LogP contribution in [-0.2, 0) is 9.09 Å². The largest absolute Gasteiger partial charge is 0.474 e. The van der Waals surface area contributed by atoms with Crippen molar-refractivity contribution in [3.8, 4) is 0 Å². The van der Waals surface area contributed by atoms with Gasteiger partial charge in [-0.1, -0.05) is 0 Å². The van der Waals surface area contributed by atoms with Crippen LogP contribution in [0.1, 0.15) is 0 Å². The molecule has 2 N–H and O–H groups in total. The predicted octanol–water partition coefficient (Wildman–Crippen LogP) is 0.927. The summed E-state index contributed by atoms with van der Waals surface area (Å²) in [6.45, 7) is 0. The topological polar surface area (TPSA) is 66.8 Å². The highest BCUT2D eigenvalue weighted by atomic mass is 35.5. The van der Waals surface area contributed by atoms with Gasteiger partial charge in [0.2, 0.25) is 0 Å². The Labute approximate surface area is 60.0 Å². The Morgan fingerprint density at radius 2 is 2.00 bits per heavy atom. The lowest BCUT2D eigenvalue weighted by atomic mass is 10.8. The minimum absolute atomic E-state index is 1.29. The second-order valence-corrected chi connectivity index (χ2v) is 2.78. The zero-order chi connectivity index (χ0) is 8.41. The van der Waals surface area contributed by atoms with E-state index in [-0.39, 0.29) is 0 Å². The Balaban J connectivity index is 4.02. The van der Waals surface area contributed by atoms with Gasteiger partial charge in [-0.25, -0.2) is 9.09 Å². The van der Waals surface area contributed by atoms with E-state index >= 15 is 0 Å². The highest BCUT2D eigenvalue weighted by Gasteiger charge is 2.37. The molecule has 0 aliphatic rings. The van der Waals surface area contributed by atoms with E-state index in [2.05, 4.69) is 16.1 Å². The first-order valence-corrected chi connectivity index (χ1v) is 4.03. The van der Waals surface area contributed by atoms with Gasteiger partial charge in [-0.15, -0.1) is 11.6 Å². The molecule has 0 bridgehead atoms. The second kappa shape index (κ2) is 3.11. The summed E-state index contributed by atoms with van der Waals surface area (Å²) < 4.78 is 36.3. The van der Waals surface area contributed by atoms with Gasteiger partial charge in [0, 0.05) is 0 Å². The zero-order valence-corrected chi connectivity index (χ0v) is 6.15. The molecule has 10 heavy (non-hydrogen) atoms. The quantitative estimate of drug-likeness (QED) is 0.520. The Morgan fingerprint density at radius 3 is 2.10 bits per heavy atom. The molecule has 0 saturated carbocycles. The molecule has 0 spiro atoms. The number of phosphoric ester groups is 1. The lowest BCUT2D eigenvalue weighted by Crippen LogP contribution is -2.20. The Kier molecular flexibility index (Phi) is 3.19. The van der Waals surface area contributed by atoms with Gasteiger partial charge in [0.1, 0.15) is 5.88 Å². The highest BCUT2D eigenvalue weighted by molar-refractivity contribution is 7.46. The summed E-state index contributed by atoms with van der Waals surface area (Å²) in [7, 11) is -5.14. The summed E-state index contributed by atoms with van der Waals surface area (Å²) in [4.78, 5) is 15.7. The lowest BCUT2D eigenvalue weighted by molar-refractivity contribution is -0.166. The van der Waals surface area contributed by atoms with Crippen LogP contribution in [0.4, 0.5) is 8.78 Å². The van der Waals surface area contributed by atoms with Gasteiger partial charge < -0.3 is 9.79 Å². The van der Waals surface area contributed by atoms with Crippen LogP contribution < -0.4 is 0 Å². The van der Waals surface area contributed by atoms with Crippen molar-refractivity contribution in [2.45, 2.75) is 6.11 Å². The first-order valence-electron chi connectivity index (χ1n) is 1.97. The maximum absolute atomic E-state index is 11.8. The molecule has 0 saturated heterocycles. The average molecular weight is 196 g/mol. The van der Waals surface area contributed by atoms with Crippen molar-refractivity contribution in [1.82, 2.24) is 0 Å². The fourth-order valence-electron chi connectivity index (χ4n) is 0.198. The van der Waals surface area contributed by atoms with Crippen LogP contribution in [0.2, 0.25) is 0 Å². The van der Waals surface area contributed by atoms with E-state index in [1.165, 1.54) is 0 Å². The molecular formula is C2H4ClF2O4P. The van der Waals surface area contributed by atoms with Crippen molar-refractivity contribution in [1.29, 1.82) is 0 Å². The van der Waals surface area contributed by atoms with E-state index < -0.39 is 19.8 Å². The minimum Gasteiger partial charge on any atom is -0.303 e. The molecule has 0 unspecified atom stereocenters. The molecule has 0 amide bonds. The number of hydrogen-bond donors (Lipinski definition) is 2. The van der Waals surface area contributed by atoms with Crippen LogP contribution in [0.3, 0.4) is 0 Å². The van der Waals surface area contributed by atoms with Crippen molar-refractivity contribution in [2.75, 3.05) is 5.88 Å². The second-order valence-electron chi connectivity index (χ2n) is 1.35. The molecule has 8 heteroatoms. The number of phosphoric acid groups is 1. The van der Waals surface area contributed by atoms with Crippen molar-refractivity contribution >= 4 is 19.4 Å². The lowest BCUT2D eigenvalue weighted by Gasteiger charge is -2.13. The molecule has 0 atom stereocenters. The third kappa shape index (κ3) is 5.08. The van der Waals surface area contributed by atoms with Crippen LogP contribution in [-0.4, -0.2) is 21.8 Å². The van der Waals surface area contributed by atoms with Crippen LogP contribution in [0.25, 0.3) is 0 Å². The van der Waals surface area contributed by atoms with Gasteiger partial charge in [0.25, 0.3) is 0 Å². The van der Waals surface area contributed by atoms with Crippen LogP contribution >= 0.6 is 19.4 Å². The summed E-state index contributed by atoms with van der Waals surface area (Å²) in [5.74, 6) is -1.29. The normalized spacial score (nSPS) is 13.7. The summed E-state index contributed by atoms with van der Waals surface area (Å²) in [5, 5.41) is 0. The smallest absolute Gasteiger partial charge is 0.303 e. The van der Waals surface area contributed by atoms with Gasteiger partial charge >= 0.3 is 13.9 Å². The SMILES string of the molecule is O=P(O)(O)OC(F)(F)CCl. The summed E-state index contributed by atoms with van der Waals surface area (Å²) in [6.07, 6.45) is -3.97. The Hall–Kier alpha value is 0.260. The molecule has 0 radical (unpaired) electrons. The molecule has 0 heterocycles. The summed E-state index contributed by atoms with van der Waals surface area (Å²) in [6, 6.07) is 0.